The Morgan fingerprint density at radius 3 is 2.33 bits per heavy atom. The monoisotopic (exact) mass is 553 g/mol. The van der Waals surface area contributed by atoms with Crippen LogP contribution in [0.1, 0.15) is 67.1 Å². The van der Waals surface area contributed by atoms with Crippen LogP contribution in [0.25, 0.3) is 0 Å². The van der Waals surface area contributed by atoms with E-state index in [1.165, 1.54) is 11.6 Å². The fourth-order valence-electron chi connectivity index (χ4n) is 5.70. The molecule has 1 aliphatic carbocycles. The molecule has 0 spiro atoms. The summed E-state index contributed by atoms with van der Waals surface area (Å²) in [6, 6.07) is 19.6. The minimum atomic E-state index is -3.10. The molecule has 0 bridgehead atoms. The van der Waals surface area contributed by atoms with Crippen molar-refractivity contribution < 1.29 is 13.7 Å². The van der Waals surface area contributed by atoms with E-state index in [2.05, 4.69) is 20.8 Å². The lowest BCUT2D eigenvalue weighted by Gasteiger charge is -2.29. The number of rotatable bonds is 7. The molecule has 0 saturated heterocycles. The van der Waals surface area contributed by atoms with Crippen LogP contribution >= 0.6 is 7.14 Å². The number of allylic oxidation sites excluding steroid dienone is 7. The molecule has 0 N–H and O–H groups in total. The molecular weight excluding hydrogens is 516 g/mol. The molecule has 0 saturated carbocycles. The zero-order valence-electron chi connectivity index (χ0n) is 23.5. The summed E-state index contributed by atoms with van der Waals surface area (Å²) in [4.78, 5) is 5.33. The molecular formula is C35H37FNO2P. The van der Waals surface area contributed by atoms with Crippen LogP contribution in [0.15, 0.2) is 109 Å². The normalized spacial score (nSPS) is 18.6. The molecule has 5 rings (SSSR count). The first-order chi connectivity index (χ1) is 19.4. The third-order valence-electron chi connectivity index (χ3n) is 7.78. The van der Waals surface area contributed by atoms with Gasteiger partial charge >= 0.3 is 0 Å². The number of halogens is 1. The molecule has 1 aromatic heterocycles. The highest BCUT2D eigenvalue weighted by Crippen LogP contribution is 2.50. The van der Waals surface area contributed by atoms with Crippen molar-refractivity contribution in [2.24, 2.45) is 0 Å². The first kappa shape index (κ1) is 28.1. The standard InChI is InChI=1S/C35H37FNO2P/c1-4-26-22-33-31(20-21-39-23-26)34(27-12-11-13-28(36)19-18-27)32(35(37-33)25(2)3)24-40(38,29-14-7-5-8-15-29)30-16-9-6-10-17-30/h5-19,23,25,27H,4,20-22,24H2,1-3H3/b26-23-. The van der Waals surface area contributed by atoms with Crippen molar-refractivity contribution in [3.8, 4) is 0 Å². The van der Waals surface area contributed by atoms with E-state index in [-0.39, 0.29) is 17.7 Å². The summed E-state index contributed by atoms with van der Waals surface area (Å²) in [5.74, 6) is -0.342. The smallest absolute Gasteiger partial charge is 0.147 e. The molecule has 0 amide bonds. The van der Waals surface area contributed by atoms with Crippen molar-refractivity contribution in [3.63, 3.8) is 0 Å². The van der Waals surface area contributed by atoms with Crippen molar-refractivity contribution in [2.75, 3.05) is 6.61 Å². The van der Waals surface area contributed by atoms with Crippen LogP contribution in [0.3, 0.4) is 0 Å². The molecule has 2 aliphatic rings. The maximum absolute atomic E-state index is 15.3. The van der Waals surface area contributed by atoms with E-state index in [1.54, 1.807) is 12.2 Å². The summed E-state index contributed by atoms with van der Waals surface area (Å²) in [6.45, 7) is 6.98. The summed E-state index contributed by atoms with van der Waals surface area (Å²) >= 11 is 0. The maximum Gasteiger partial charge on any atom is 0.147 e. The Hall–Kier alpha value is -3.49. The lowest BCUT2D eigenvalue weighted by atomic mass is 9.84. The first-order valence-electron chi connectivity index (χ1n) is 14.2. The number of hydrogen-bond donors (Lipinski definition) is 0. The highest BCUT2D eigenvalue weighted by atomic mass is 31.2. The summed E-state index contributed by atoms with van der Waals surface area (Å²) in [5.41, 5.74) is 6.45. The fourth-order valence-corrected chi connectivity index (χ4v) is 8.45. The number of aromatic nitrogens is 1. The summed E-state index contributed by atoms with van der Waals surface area (Å²) < 4.78 is 35.6. The van der Waals surface area contributed by atoms with Crippen molar-refractivity contribution in [2.45, 2.75) is 58.0 Å². The van der Waals surface area contributed by atoms with E-state index >= 15 is 4.57 Å². The second-order valence-corrected chi connectivity index (χ2v) is 13.6. The molecule has 3 nitrogen and oxygen atoms in total. The van der Waals surface area contributed by atoms with Crippen LogP contribution in [-0.4, -0.2) is 11.6 Å². The third kappa shape index (κ3) is 5.83. The van der Waals surface area contributed by atoms with Crippen molar-refractivity contribution in [3.05, 3.63) is 137 Å². The highest BCUT2D eigenvalue weighted by Gasteiger charge is 2.33. The van der Waals surface area contributed by atoms with Gasteiger partial charge in [-0.05, 0) is 46.8 Å². The minimum Gasteiger partial charge on any atom is -0.501 e. The predicted octanol–water partition coefficient (Wildman–Crippen LogP) is 8.19. The van der Waals surface area contributed by atoms with E-state index in [9.17, 15) is 4.39 Å². The van der Waals surface area contributed by atoms with Crippen LogP contribution in [0.4, 0.5) is 4.39 Å². The molecule has 206 valence electrons. The number of hydrogen-bond acceptors (Lipinski definition) is 3. The van der Waals surface area contributed by atoms with E-state index in [4.69, 9.17) is 9.72 Å². The third-order valence-corrected chi connectivity index (χ3v) is 10.8. The van der Waals surface area contributed by atoms with Crippen molar-refractivity contribution >= 4 is 17.8 Å². The molecule has 5 heteroatoms. The van der Waals surface area contributed by atoms with E-state index < -0.39 is 7.14 Å². The minimum absolute atomic E-state index is 0.114. The summed E-state index contributed by atoms with van der Waals surface area (Å²) in [5, 5.41) is 1.65. The Bertz CT molecular complexity index is 1480. The summed E-state index contributed by atoms with van der Waals surface area (Å²) in [6.07, 6.45) is 13.3. The number of ether oxygens (including phenoxy) is 1. The Kier molecular flexibility index (Phi) is 8.66. The molecule has 40 heavy (non-hydrogen) atoms. The maximum atomic E-state index is 15.3. The Balaban J connectivity index is 1.80. The van der Waals surface area contributed by atoms with Gasteiger partial charge in [0, 0.05) is 46.9 Å². The van der Waals surface area contributed by atoms with Crippen LogP contribution < -0.4 is 10.6 Å². The van der Waals surface area contributed by atoms with Gasteiger partial charge in [0.2, 0.25) is 0 Å². The lowest BCUT2D eigenvalue weighted by Crippen LogP contribution is -2.22. The van der Waals surface area contributed by atoms with Gasteiger partial charge in [-0.25, -0.2) is 4.39 Å². The highest BCUT2D eigenvalue weighted by molar-refractivity contribution is 7.78. The van der Waals surface area contributed by atoms with E-state index in [0.717, 1.165) is 45.1 Å². The van der Waals surface area contributed by atoms with Gasteiger partial charge < -0.3 is 9.30 Å². The van der Waals surface area contributed by atoms with Crippen LogP contribution in [0, 0.1) is 0 Å². The van der Waals surface area contributed by atoms with Gasteiger partial charge in [0.05, 0.1) is 12.9 Å². The molecule has 2 aromatic carbocycles. The Labute approximate surface area is 237 Å². The molecule has 0 radical (unpaired) electrons. The molecule has 0 fully saturated rings. The Morgan fingerprint density at radius 2 is 1.70 bits per heavy atom. The predicted molar refractivity (Wildman–Crippen MR) is 164 cm³/mol. The van der Waals surface area contributed by atoms with Gasteiger partial charge in [0.15, 0.2) is 0 Å². The van der Waals surface area contributed by atoms with Gasteiger partial charge in [-0.1, -0.05) is 99.7 Å². The van der Waals surface area contributed by atoms with Gasteiger partial charge in [-0.2, -0.15) is 0 Å². The molecule has 1 atom stereocenters. The number of nitrogens with zero attached hydrogens (tertiary/aromatic N) is 1. The van der Waals surface area contributed by atoms with Crippen LogP contribution in [-0.2, 0) is 28.3 Å². The van der Waals surface area contributed by atoms with Crippen molar-refractivity contribution in [1.29, 1.82) is 0 Å². The average molecular weight is 554 g/mol. The quantitative estimate of drug-likeness (QED) is 0.277. The lowest BCUT2D eigenvalue weighted by molar-refractivity contribution is 0.246. The van der Waals surface area contributed by atoms with Gasteiger partial charge in [0.1, 0.15) is 13.0 Å². The second kappa shape index (κ2) is 12.4. The zero-order chi connectivity index (χ0) is 28.1. The average Bonchev–Trinajstić information content (AvgIpc) is 3.18. The number of fused-ring (bicyclic) bond motifs is 1. The van der Waals surface area contributed by atoms with Gasteiger partial charge in [0.25, 0.3) is 0 Å². The number of benzene rings is 2. The second-order valence-electron chi connectivity index (χ2n) is 10.8. The first-order valence-corrected chi connectivity index (χ1v) is 16.1. The zero-order valence-corrected chi connectivity index (χ0v) is 24.4. The van der Waals surface area contributed by atoms with Crippen LogP contribution in [0.5, 0.6) is 0 Å². The molecule has 1 aliphatic heterocycles. The molecule has 3 aromatic rings. The SMILES string of the molecule is CC/C1=C/OCCc2c(nc(C(C)C)c(CP(=O)(c3ccccc3)c3ccccc3)c2C2C=CC=C(F)C=C2)C1. The van der Waals surface area contributed by atoms with Crippen molar-refractivity contribution in [1.82, 2.24) is 4.98 Å². The van der Waals surface area contributed by atoms with Gasteiger partial charge in [-0.3, -0.25) is 4.98 Å². The van der Waals surface area contributed by atoms with E-state index in [1.807, 2.05) is 79.1 Å². The van der Waals surface area contributed by atoms with Gasteiger partial charge in [-0.15, -0.1) is 0 Å². The topological polar surface area (TPSA) is 39.2 Å². The van der Waals surface area contributed by atoms with E-state index in [0.29, 0.717) is 25.6 Å². The van der Waals surface area contributed by atoms with Crippen LogP contribution in [0.2, 0.25) is 0 Å². The fraction of sp³-hybridized carbons (Fsp3) is 0.286. The molecule has 2 heterocycles. The largest absolute Gasteiger partial charge is 0.501 e. The molecule has 1 unspecified atom stereocenters. The Morgan fingerprint density at radius 1 is 1.02 bits per heavy atom. The summed E-state index contributed by atoms with van der Waals surface area (Å²) in [7, 11) is -3.10. The number of pyridine rings is 1.